The molecule has 2 rings (SSSR count). The van der Waals surface area contributed by atoms with Crippen molar-refractivity contribution in [2.75, 3.05) is 25.0 Å². The predicted octanol–water partition coefficient (Wildman–Crippen LogP) is 2.42. The molecular formula is C15H20F3N3O2S. The van der Waals surface area contributed by atoms with Crippen LogP contribution in [-0.4, -0.2) is 39.0 Å². The number of likely N-dealkylation sites (tertiary alicyclic amines) is 1. The Balaban J connectivity index is 2.20. The largest absolute Gasteiger partial charge is 0.418 e. The first kappa shape index (κ1) is 18.8. The van der Waals surface area contributed by atoms with Crippen LogP contribution >= 0.6 is 0 Å². The monoisotopic (exact) mass is 363 g/mol. The molecule has 1 aliphatic rings. The Bertz CT molecular complexity index is 696. The molecule has 1 aromatic rings. The number of primary sulfonamides is 1. The van der Waals surface area contributed by atoms with Gasteiger partial charge in [-0.05, 0) is 31.0 Å². The molecule has 1 aromatic carbocycles. The lowest BCUT2D eigenvalue weighted by Gasteiger charge is -2.32. The van der Waals surface area contributed by atoms with Crippen LogP contribution in [0.2, 0.25) is 0 Å². The summed E-state index contributed by atoms with van der Waals surface area (Å²) in [7, 11) is -4.19. The highest BCUT2D eigenvalue weighted by molar-refractivity contribution is 7.89. The number of sulfonamides is 1. The molecule has 1 fully saturated rings. The standard InChI is InChI=1S/C15H20F3N3O2S/c1-2-7-21-8-5-11(6-9-21)20-14-4-3-12(24(19,22)23)10-13(14)15(16,17)18/h2-4,10-11,20H,1,5-9H2,(H2,19,22,23). The molecule has 1 saturated heterocycles. The molecule has 0 saturated carbocycles. The molecular weight excluding hydrogens is 343 g/mol. The minimum atomic E-state index is -4.67. The normalized spacial score (nSPS) is 17.7. The van der Waals surface area contributed by atoms with Crippen molar-refractivity contribution in [2.24, 2.45) is 5.14 Å². The van der Waals surface area contributed by atoms with E-state index in [2.05, 4.69) is 16.8 Å². The molecule has 9 heteroatoms. The molecule has 1 heterocycles. The molecule has 0 bridgehead atoms. The highest BCUT2D eigenvalue weighted by atomic mass is 32.2. The first-order valence-electron chi connectivity index (χ1n) is 7.45. The molecule has 5 nitrogen and oxygen atoms in total. The third-order valence-electron chi connectivity index (χ3n) is 3.96. The Morgan fingerprint density at radius 1 is 1.33 bits per heavy atom. The number of halogens is 3. The summed E-state index contributed by atoms with van der Waals surface area (Å²) in [6, 6.07) is 2.68. The number of nitrogens with two attached hydrogens (primary N) is 1. The Morgan fingerprint density at radius 3 is 2.46 bits per heavy atom. The van der Waals surface area contributed by atoms with Crippen LogP contribution in [0.1, 0.15) is 18.4 Å². The summed E-state index contributed by atoms with van der Waals surface area (Å²) in [5.74, 6) is 0. The fourth-order valence-corrected chi connectivity index (χ4v) is 3.26. The Kier molecular flexibility index (Phi) is 5.56. The van der Waals surface area contributed by atoms with Gasteiger partial charge in [-0.2, -0.15) is 13.2 Å². The van der Waals surface area contributed by atoms with Crippen molar-refractivity contribution >= 4 is 15.7 Å². The van der Waals surface area contributed by atoms with E-state index in [-0.39, 0.29) is 11.7 Å². The van der Waals surface area contributed by atoms with E-state index in [1.54, 1.807) is 6.08 Å². The van der Waals surface area contributed by atoms with E-state index in [0.29, 0.717) is 18.9 Å². The number of alkyl halides is 3. The number of nitrogens with one attached hydrogen (secondary N) is 1. The number of piperidine rings is 1. The molecule has 0 spiro atoms. The van der Waals surface area contributed by atoms with Gasteiger partial charge in [-0.1, -0.05) is 6.08 Å². The quantitative estimate of drug-likeness (QED) is 0.788. The number of hydrogen-bond donors (Lipinski definition) is 2. The van der Waals surface area contributed by atoms with Gasteiger partial charge in [0.15, 0.2) is 0 Å². The molecule has 1 aliphatic heterocycles. The second-order valence-corrected chi connectivity index (χ2v) is 7.32. The highest BCUT2D eigenvalue weighted by Crippen LogP contribution is 2.37. The van der Waals surface area contributed by atoms with E-state index in [1.807, 2.05) is 0 Å². The third-order valence-corrected chi connectivity index (χ3v) is 4.87. The smallest absolute Gasteiger partial charge is 0.382 e. The Morgan fingerprint density at radius 2 is 1.96 bits per heavy atom. The van der Waals surface area contributed by atoms with Crippen LogP contribution < -0.4 is 10.5 Å². The summed E-state index contributed by atoms with van der Waals surface area (Å²) < 4.78 is 62.3. The zero-order valence-corrected chi connectivity index (χ0v) is 13.8. The summed E-state index contributed by atoms with van der Waals surface area (Å²) in [5.41, 5.74) is -1.15. The van der Waals surface area contributed by atoms with E-state index in [0.717, 1.165) is 31.8 Å². The summed E-state index contributed by atoms with van der Waals surface area (Å²) in [6.07, 6.45) is -1.49. The second-order valence-electron chi connectivity index (χ2n) is 5.76. The fourth-order valence-electron chi connectivity index (χ4n) is 2.72. The predicted molar refractivity (Wildman–Crippen MR) is 86.1 cm³/mol. The summed E-state index contributed by atoms with van der Waals surface area (Å²) >= 11 is 0. The SMILES string of the molecule is C=CCN1CCC(Nc2ccc(S(N)(=O)=O)cc2C(F)(F)F)CC1. The molecule has 0 aliphatic carbocycles. The van der Waals surface area contributed by atoms with Crippen LogP contribution in [0.25, 0.3) is 0 Å². The molecule has 0 atom stereocenters. The minimum Gasteiger partial charge on any atom is -0.382 e. The van der Waals surface area contributed by atoms with Crippen LogP contribution in [-0.2, 0) is 16.2 Å². The van der Waals surface area contributed by atoms with Crippen LogP contribution in [0.15, 0.2) is 35.7 Å². The van der Waals surface area contributed by atoms with Gasteiger partial charge in [-0.3, -0.25) is 4.90 Å². The Labute approximate surface area is 139 Å². The van der Waals surface area contributed by atoms with Crippen molar-refractivity contribution < 1.29 is 21.6 Å². The fraction of sp³-hybridized carbons (Fsp3) is 0.467. The molecule has 0 radical (unpaired) electrons. The lowest BCUT2D eigenvalue weighted by molar-refractivity contribution is -0.137. The van der Waals surface area contributed by atoms with E-state index in [9.17, 15) is 21.6 Å². The topological polar surface area (TPSA) is 75.4 Å². The zero-order chi connectivity index (χ0) is 18.0. The van der Waals surface area contributed by atoms with Gasteiger partial charge in [0.25, 0.3) is 0 Å². The van der Waals surface area contributed by atoms with E-state index >= 15 is 0 Å². The van der Waals surface area contributed by atoms with Crippen molar-refractivity contribution in [3.8, 4) is 0 Å². The molecule has 3 N–H and O–H groups in total. The van der Waals surface area contributed by atoms with Crippen molar-refractivity contribution in [3.05, 3.63) is 36.4 Å². The second kappa shape index (κ2) is 7.12. The first-order chi connectivity index (χ1) is 11.1. The minimum absolute atomic E-state index is 0.104. The maximum atomic E-state index is 13.2. The third kappa shape index (κ3) is 4.71. The van der Waals surface area contributed by atoms with Gasteiger partial charge in [0.2, 0.25) is 10.0 Å². The van der Waals surface area contributed by atoms with Gasteiger partial charge in [0.1, 0.15) is 0 Å². The number of rotatable bonds is 5. The van der Waals surface area contributed by atoms with E-state index < -0.39 is 26.7 Å². The van der Waals surface area contributed by atoms with Crippen LogP contribution in [0.5, 0.6) is 0 Å². The van der Waals surface area contributed by atoms with Gasteiger partial charge < -0.3 is 5.32 Å². The lowest BCUT2D eigenvalue weighted by atomic mass is 10.0. The molecule has 0 unspecified atom stereocenters. The van der Waals surface area contributed by atoms with Gasteiger partial charge >= 0.3 is 6.18 Å². The molecule has 24 heavy (non-hydrogen) atoms. The van der Waals surface area contributed by atoms with Crippen LogP contribution in [0.4, 0.5) is 18.9 Å². The lowest BCUT2D eigenvalue weighted by Crippen LogP contribution is -2.39. The van der Waals surface area contributed by atoms with Gasteiger partial charge in [-0.15, -0.1) is 6.58 Å². The summed E-state index contributed by atoms with van der Waals surface area (Å²) in [6.45, 7) is 5.95. The van der Waals surface area contributed by atoms with E-state index in [1.165, 1.54) is 0 Å². The van der Waals surface area contributed by atoms with Crippen LogP contribution in [0.3, 0.4) is 0 Å². The first-order valence-corrected chi connectivity index (χ1v) is 8.99. The van der Waals surface area contributed by atoms with Gasteiger partial charge in [0, 0.05) is 31.4 Å². The summed E-state index contributed by atoms with van der Waals surface area (Å²) in [4.78, 5) is 1.61. The zero-order valence-electron chi connectivity index (χ0n) is 13.0. The van der Waals surface area contributed by atoms with E-state index in [4.69, 9.17) is 5.14 Å². The number of nitrogens with zero attached hydrogens (tertiary/aromatic N) is 1. The maximum Gasteiger partial charge on any atom is 0.418 e. The average Bonchev–Trinajstić information content (AvgIpc) is 2.48. The van der Waals surface area contributed by atoms with Gasteiger partial charge in [0.05, 0.1) is 10.5 Å². The number of hydrogen-bond acceptors (Lipinski definition) is 4. The average molecular weight is 363 g/mol. The summed E-state index contributed by atoms with van der Waals surface area (Å²) in [5, 5.41) is 7.81. The van der Waals surface area contributed by atoms with Crippen LogP contribution in [0, 0.1) is 0 Å². The Hall–Kier alpha value is -1.58. The van der Waals surface area contributed by atoms with Crippen molar-refractivity contribution in [1.29, 1.82) is 0 Å². The highest BCUT2D eigenvalue weighted by Gasteiger charge is 2.35. The van der Waals surface area contributed by atoms with Gasteiger partial charge in [-0.25, -0.2) is 13.6 Å². The molecule has 134 valence electrons. The van der Waals surface area contributed by atoms with Crippen molar-refractivity contribution in [2.45, 2.75) is 30.0 Å². The molecule has 0 aromatic heterocycles. The van der Waals surface area contributed by atoms with Crippen molar-refractivity contribution in [3.63, 3.8) is 0 Å². The maximum absolute atomic E-state index is 13.2. The molecule has 0 amide bonds. The van der Waals surface area contributed by atoms with Crippen molar-refractivity contribution in [1.82, 2.24) is 4.90 Å². The number of anilines is 1. The number of benzene rings is 1.